The standard InChI is InChI=1S/2C36H22O.C36H24.C34H22/c1-2-11-24(12-3-1)34-27-14-6-8-16-29(27)35(30-17-9-7-15-28(30)34)25-19-20-32-31(22-25)36-26-13-5-4-10-23(26)18-21-33(36)37-32;1-2-10-23(11-3-1)35-27-14-6-8-16-29(27)36(30-17-9-7-15-28(30)35)26-18-19-33-31(21-26)32-20-24-12-4-5-13-25(24)22-34(32)37-33;1-3-13-25(14-4-1)27-23-24-34(29-18-8-7-17-28(27)29)36-32-21-11-9-19-30(32)35(26-15-5-2-6-16-26)31-20-10-12-22-33(31)36;1-3-15-25-23(11-1)13-9-21-27(25)33-29-17-5-7-19-31(29)34(32-20-8-6-18-30(32)33)28-22-10-14-24-12-2-4-16-26(24)28/h2*1-22H;1-24H;1-22H. The third kappa shape index (κ3) is 14.5. The molecule has 0 atom stereocenters. The van der Waals surface area contributed by atoms with Gasteiger partial charge in [-0.05, 0) is 283 Å². The molecule has 0 spiro atoms. The summed E-state index contributed by atoms with van der Waals surface area (Å²) >= 11 is 0. The van der Waals surface area contributed by atoms with Crippen molar-refractivity contribution < 1.29 is 8.83 Å². The van der Waals surface area contributed by atoms with E-state index in [0.29, 0.717) is 0 Å². The van der Waals surface area contributed by atoms with Gasteiger partial charge < -0.3 is 8.83 Å². The summed E-state index contributed by atoms with van der Waals surface area (Å²) < 4.78 is 12.6. The second-order valence-corrected chi connectivity index (χ2v) is 37.6. The van der Waals surface area contributed by atoms with E-state index in [1.807, 2.05) is 0 Å². The topological polar surface area (TPSA) is 26.3 Å². The minimum Gasteiger partial charge on any atom is -0.456 e. The molecule has 2 nitrogen and oxygen atoms in total. The summed E-state index contributed by atoms with van der Waals surface area (Å²) in [5.41, 5.74) is 26.5. The molecule has 2 aromatic heterocycles. The lowest BCUT2D eigenvalue weighted by Gasteiger charge is -2.19. The van der Waals surface area contributed by atoms with Gasteiger partial charge in [-0.15, -0.1) is 0 Å². The molecule has 0 radical (unpaired) electrons. The number of furan rings is 2. The predicted molar refractivity (Wildman–Crippen MR) is 617 cm³/mol. The Bertz CT molecular complexity index is 9960. The normalized spacial score (nSPS) is 11.6. The van der Waals surface area contributed by atoms with Crippen molar-refractivity contribution in [2.75, 3.05) is 0 Å². The first-order chi connectivity index (χ1) is 71.5. The minimum atomic E-state index is 0.920. The van der Waals surface area contributed by atoms with Gasteiger partial charge in [0.25, 0.3) is 0 Å². The molecule has 2 heteroatoms. The Morgan fingerprint density at radius 2 is 0.333 bits per heavy atom. The highest BCUT2D eigenvalue weighted by molar-refractivity contribution is 6.30. The van der Waals surface area contributed by atoms with Gasteiger partial charge in [-0.25, -0.2) is 0 Å². The fraction of sp³-hybridized carbons (Fsp3) is 0. The van der Waals surface area contributed by atoms with Crippen molar-refractivity contribution in [1.29, 1.82) is 0 Å². The Morgan fingerprint density at radius 1 is 0.0972 bits per heavy atom. The third-order valence-corrected chi connectivity index (χ3v) is 29.6. The highest BCUT2D eigenvalue weighted by Crippen LogP contribution is 2.53. The number of fused-ring (bicyclic) bond motifs is 20. The zero-order chi connectivity index (χ0) is 95.1. The van der Waals surface area contributed by atoms with Gasteiger partial charge in [0.2, 0.25) is 0 Å². The lowest BCUT2D eigenvalue weighted by molar-refractivity contribution is 0.669. The molecule has 0 saturated heterocycles. The lowest BCUT2D eigenvalue weighted by Crippen LogP contribution is -1.92. The lowest BCUT2D eigenvalue weighted by atomic mass is 9.84. The van der Waals surface area contributed by atoms with Crippen molar-refractivity contribution in [3.8, 4) is 100 Å². The molecule has 0 unspecified atom stereocenters. The van der Waals surface area contributed by atoms with E-state index in [1.165, 1.54) is 246 Å². The van der Waals surface area contributed by atoms with Crippen LogP contribution in [0.25, 0.3) is 284 Å². The first-order valence-electron chi connectivity index (χ1n) is 49.7. The van der Waals surface area contributed by atoms with E-state index in [1.54, 1.807) is 0 Å². The number of benzene rings is 28. The summed E-state index contributed by atoms with van der Waals surface area (Å²) in [7, 11) is 0. The molecule has 28 aromatic carbocycles. The molecule has 2 heterocycles. The second kappa shape index (κ2) is 35.9. The van der Waals surface area contributed by atoms with Gasteiger partial charge in [0.15, 0.2) is 0 Å². The summed E-state index contributed by atoms with van der Waals surface area (Å²) in [5, 5.41) is 37.6. The van der Waals surface area contributed by atoms with E-state index in [4.69, 9.17) is 8.83 Å². The van der Waals surface area contributed by atoms with Gasteiger partial charge in [0.1, 0.15) is 22.3 Å². The number of rotatable bonds is 9. The van der Waals surface area contributed by atoms with E-state index in [9.17, 15) is 0 Å². The Labute approximate surface area is 832 Å². The second-order valence-electron chi connectivity index (χ2n) is 37.6. The number of hydrogen-bond donors (Lipinski definition) is 0. The van der Waals surface area contributed by atoms with Gasteiger partial charge in [0, 0.05) is 21.5 Å². The van der Waals surface area contributed by atoms with Crippen molar-refractivity contribution in [2.24, 2.45) is 0 Å². The molecular formula is C142H90O2. The molecule has 670 valence electrons. The van der Waals surface area contributed by atoms with Crippen LogP contribution in [-0.2, 0) is 0 Å². The van der Waals surface area contributed by atoms with E-state index in [0.717, 1.165) is 38.5 Å². The van der Waals surface area contributed by atoms with Crippen LogP contribution < -0.4 is 0 Å². The first kappa shape index (κ1) is 84.4. The molecular weight excluding hydrogens is 1740 g/mol. The Morgan fingerprint density at radius 3 is 0.708 bits per heavy atom. The maximum absolute atomic E-state index is 6.30. The van der Waals surface area contributed by atoms with E-state index >= 15 is 0 Å². The van der Waals surface area contributed by atoms with Crippen molar-refractivity contribution in [3.63, 3.8) is 0 Å². The van der Waals surface area contributed by atoms with Gasteiger partial charge in [-0.2, -0.15) is 0 Å². The maximum atomic E-state index is 6.30. The quantitative estimate of drug-likeness (QED) is 0.135. The van der Waals surface area contributed by atoms with Crippen LogP contribution in [0.2, 0.25) is 0 Å². The minimum absolute atomic E-state index is 0.920. The van der Waals surface area contributed by atoms with Crippen LogP contribution in [0, 0.1) is 0 Å². The highest BCUT2D eigenvalue weighted by Gasteiger charge is 2.26. The average Bonchev–Trinajstić information content (AvgIpc) is 1.01. The predicted octanol–water partition coefficient (Wildman–Crippen LogP) is 40.5. The van der Waals surface area contributed by atoms with Crippen molar-refractivity contribution >= 4 is 184 Å². The molecule has 144 heavy (non-hydrogen) atoms. The zero-order valence-corrected chi connectivity index (χ0v) is 78.8. The largest absolute Gasteiger partial charge is 0.456 e. The molecule has 0 aliphatic carbocycles. The fourth-order valence-corrected chi connectivity index (χ4v) is 23.3. The van der Waals surface area contributed by atoms with E-state index in [-0.39, 0.29) is 0 Å². The van der Waals surface area contributed by atoms with Crippen LogP contribution in [-0.4, -0.2) is 0 Å². The van der Waals surface area contributed by atoms with Crippen LogP contribution in [0.1, 0.15) is 0 Å². The smallest absolute Gasteiger partial charge is 0.136 e. The van der Waals surface area contributed by atoms with Crippen LogP contribution in [0.3, 0.4) is 0 Å². The third-order valence-electron chi connectivity index (χ3n) is 29.6. The molecule has 0 aliphatic heterocycles. The van der Waals surface area contributed by atoms with Gasteiger partial charge >= 0.3 is 0 Å². The summed E-state index contributed by atoms with van der Waals surface area (Å²) in [4.78, 5) is 0. The van der Waals surface area contributed by atoms with Gasteiger partial charge in [-0.1, -0.05) is 504 Å². The van der Waals surface area contributed by atoms with Gasteiger partial charge in [-0.3, -0.25) is 0 Å². The Kier molecular flexibility index (Phi) is 21.0. The van der Waals surface area contributed by atoms with Crippen LogP contribution in [0.5, 0.6) is 0 Å². The monoisotopic (exact) mass is 1830 g/mol. The molecule has 0 N–H and O–H groups in total. The van der Waals surface area contributed by atoms with E-state index in [2.05, 4.69) is 546 Å². The molecule has 30 rings (SSSR count). The van der Waals surface area contributed by atoms with Crippen LogP contribution in [0.4, 0.5) is 0 Å². The molecule has 0 saturated carbocycles. The van der Waals surface area contributed by atoms with Crippen molar-refractivity contribution in [3.05, 3.63) is 546 Å². The molecule has 30 aromatic rings. The fourth-order valence-electron chi connectivity index (χ4n) is 23.3. The van der Waals surface area contributed by atoms with Crippen molar-refractivity contribution in [1.82, 2.24) is 0 Å². The molecule has 0 aliphatic rings. The summed E-state index contributed by atoms with van der Waals surface area (Å²) in [6, 6.07) is 197. The molecule has 0 amide bonds. The SMILES string of the molecule is c1ccc(-c2c3ccccc3c(-c3ccc4oc5cc6ccccc6cc5c4c3)c3ccccc23)cc1.c1ccc(-c2c3ccccc3c(-c3ccc4oc5ccc6ccccc6c5c4c3)c3ccccc23)cc1.c1ccc(-c2ccc(-c3c4ccccc4c(-c4ccccc4)c4ccccc34)c3ccccc23)cc1.c1ccc2c(-c3c4ccccc4c(-c4cccc5ccccc45)c4ccccc34)cccc2c1. The zero-order valence-electron chi connectivity index (χ0n) is 78.8. The highest BCUT2D eigenvalue weighted by atomic mass is 16.3. The van der Waals surface area contributed by atoms with Gasteiger partial charge in [0.05, 0.1) is 0 Å². The van der Waals surface area contributed by atoms with Crippen LogP contribution in [0.15, 0.2) is 555 Å². The first-order valence-corrected chi connectivity index (χ1v) is 49.7. The summed E-state index contributed by atoms with van der Waals surface area (Å²) in [6.45, 7) is 0. The number of hydrogen-bond acceptors (Lipinski definition) is 2. The Hall–Kier alpha value is -18.9. The Balaban J connectivity index is 0.0000000956. The van der Waals surface area contributed by atoms with Crippen LogP contribution >= 0.6 is 0 Å². The average molecular weight is 1830 g/mol. The van der Waals surface area contributed by atoms with E-state index < -0.39 is 0 Å². The molecule has 0 bridgehead atoms. The maximum Gasteiger partial charge on any atom is 0.136 e. The van der Waals surface area contributed by atoms with Crippen molar-refractivity contribution in [2.45, 2.75) is 0 Å². The summed E-state index contributed by atoms with van der Waals surface area (Å²) in [5.74, 6) is 0. The molecule has 0 fully saturated rings. The summed E-state index contributed by atoms with van der Waals surface area (Å²) in [6.07, 6.45) is 0.